The highest BCUT2D eigenvalue weighted by Crippen LogP contribution is 2.27. The summed E-state index contributed by atoms with van der Waals surface area (Å²) in [5, 5.41) is 13.2. The first-order chi connectivity index (χ1) is 10.00. The van der Waals surface area contributed by atoms with E-state index in [0.717, 1.165) is 10.7 Å². The van der Waals surface area contributed by atoms with Crippen LogP contribution in [0.3, 0.4) is 0 Å². The SMILES string of the molecule is O=C(O)[C@@H]1CCCN1S(=O)(=O)c1cnn(C2CCOC2)c1. The molecular formula is C12H17N3O5S. The lowest BCUT2D eigenvalue weighted by Gasteiger charge is -2.19. The molecule has 2 fully saturated rings. The van der Waals surface area contributed by atoms with Crippen LogP contribution in [0.5, 0.6) is 0 Å². The average Bonchev–Trinajstić information content (AvgIpc) is 3.18. The van der Waals surface area contributed by atoms with Crippen molar-refractivity contribution >= 4 is 16.0 Å². The van der Waals surface area contributed by atoms with E-state index in [-0.39, 0.29) is 17.5 Å². The van der Waals surface area contributed by atoms with E-state index < -0.39 is 22.0 Å². The van der Waals surface area contributed by atoms with Crippen LogP contribution < -0.4 is 0 Å². The molecule has 0 amide bonds. The number of hydrogen-bond acceptors (Lipinski definition) is 5. The predicted molar refractivity (Wildman–Crippen MR) is 71.2 cm³/mol. The molecule has 1 aromatic rings. The molecule has 1 N–H and O–H groups in total. The molecule has 116 valence electrons. The molecule has 2 aliphatic heterocycles. The second-order valence-electron chi connectivity index (χ2n) is 5.29. The number of carboxylic acid groups (broad SMARTS) is 1. The van der Waals surface area contributed by atoms with Gasteiger partial charge < -0.3 is 9.84 Å². The summed E-state index contributed by atoms with van der Waals surface area (Å²) >= 11 is 0. The topological polar surface area (TPSA) is 102 Å². The van der Waals surface area contributed by atoms with Crippen molar-refractivity contribution in [2.24, 2.45) is 0 Å². The second-order valence-corrected chi connectivity index (χ2v) is 7.18. The molecule has 0 radical (unpaired) electrons. The molecular weight excluding hydrogens is 298 g/mol. The zero-order valence-electron chi connectivity index (χ0n) is 11.4. The van der Waals surface area contributed by atoms with E-state index in [1.54, 1.807) is 4.68 Å². The highest BCUT2D eigenvalue weighted by Gasteiger charge is 2.40. The maximum atomic E-state index is 12.6. The Morgan fingerprint density at radius 1 is 1.43 bits per heavy atom. The van der Waals surface area contributed by atoms with Gasteiger partial charge in [-0.05, 0) is 19.3 Å². The van der Waals surface area contributed by atoms with E-state index >= 15 is 0 Å². The summed E-state index contributed by atoms with van der Waals surface area (Å²) in [4.78, 5) is 11.2. The molecule has 8 nitrogen and oxygen atoms in total. The fraction of sp³-hybridized carbons (Fsp3) is 0.667. The molecule has 3 heterocycles. The van der Waals surface area contributed by atoms with Gasteiger partial charge >= 0.3 is 5.97 Å². The van der Waals surface area contributed by atoms with Crippen molar-refractivity contribution < 1.29 is 23.1 Å². The van der Waals surface area contributed by atoms with Gasteiger partial charge in [-0.2, -0.15) is 9.40 Å². The van der Waals surface area contributed by atoms with Gasteiger partial charge in [0.05, 0.1) is 18.8 Å². The largest absolute Gasteiger partial charge is 0.480 e. The first-order valence-electron chi connectivity index (χ1n) is 6.86. The summed E-state index contributed by atoms with van der Waals surface area (Å²) in [6, 6.07) is -0.934. The first-order valence-corrected chi connectivity index (χ1v) is 8.30. The van der Waals surface area contributed by atoms with Crippen molar-refractivity contribution in [1.82, 2.24) is 14.1 Å². The number of rotatable bonds is 4. The Hall–Kier alpha value is -1.45. The molecule has 2 aliphatic rings. The average molecular weight is 315 g/mol. The van der Waals surface area contributed by atoms with Crippen LogP contribution in [0.2, 0.25) is 0 Å². The molecule has 0 saturated carbocycles. The minimum absolute atomic E-state index is 0.0440. The number of nitrogens with zero attached hydrogens (tertiary/aromatic N) is 3. The fourth-order valence-electron chi connectivity index (χ4n) is 2.79. The maximum absolute atomic E-state index is 12.6. The van der Waals surface area contributed by atoms with Gasteiger partial charge in [0.1, 0.15) is 10.9 Å². The Labute approximate surface area is 122 Å². The molecule has 2 saturated heterocycles. The summed E-state index contributed by atoms with van der Waals surface area (Å²) in [5.41, 5.74) is 0. The normalized spacial score (nSPS) is 27.2. The molecule has 0 aliphatic carbocycles. The Morgan fingerprint density at radius 2 is 2.24 bits per heavy atom. The van der Waals surface area contributed by atoms with E-state index in [2.05, 4.69) is 5.10 Å². The monoisotopic (exact) mass is 315 g/mol. The van der Waals surface area contributed by atoms with Crippen molar-refractivity contribution in [3.8, 4) is 0 Å². The minimum atomic E-state index is -3.81. The first kappa shape index (κ1) is 14.5. The van der Waals surface area contributed by atoms with Crippen LogP contribution in [-0.2, 0) is 19.6 Å². The van der Waals surface area contributed by atoms with E-state index in [0.29, 0.717) is 26.1 Å². The molecule has 21 heavy (non-hydrogen) atoms. The number of aliphatic carboxylic acids is 1. The summed E-state index contributed by atoms with van der Waals surface area (Å²) < 4.78 is 33.0. The third-order valence-corrected chi connectivity index (χ3v) is 5.81. The van der Waals surface area contributed by atoms with Crippen LogP contribution in [0, 0.1) is 0 Å². The summed E-state index contributed by atoms with van der Waals surface area (Å²) in [5.74, 6) is -1.10. The minimum Gasteiger partial charge on any atom is -0.480 e. The van der Waals surface area contributed by atoms with Gasteiger partial charge in [0, 0.05) is 19.3 Å². The summed E-state index contributed by atoms with van der Waals surface area (Å²) in [6.07, 6.45) is 4.44. The molecule has 9 heteroatoms. The Morgan fingerprint density at radius 3 is 2.90 bits per heavy atom. The van der Waals surface area contributed by atoms with Gasteiger partial charge in [-0.1, -0.05) is 0 Å². The lowest BCUT2D eigenvalue weighted by atomic mass is 10.2. The maximum Gasteiger partial charge on any atom is 0.322 e. The number of carboxylic acids is 1. The highest BCUT2D eigenvalue weighted by atomic mass is 32.2. The lowest BCUT2D eigenvalue weighted by molar-refractivity contribution is -0.140. The van der Waals surface area contributed by atoms with Gasteiger partial charge in [-0.15, -0.1) is 0 Å². The second kappa shape index (κ2) is 5.39. The standard InChI is InChI=1S/C12H17N3O5S/c16-12(17)11-2-1-4-15(11)21(18,19)10-6-13-14(7-10)9-3-5-20-8-9/h6-7,9,11H,1-5,8H2,(H,16,17)/t9?,11-/m0/s1. The lowest BCUT2D eigenvalue weighted by Crippen LogP contribution is -2.40. The van der Waals surface area contributed by atoms with Crippen LogP contribution >= 0.6 is 0 Å². The molecule has 0 bridgehead atoms. The Balaban J connectivity index is 1.86. The van der Waals surface area contributed by atoms with Crippen LogP contribution in [0.15, 0.2) is 17.3 Å². The molecule has 0 spiro atoms. The molecule has 3 rings (SSSR count). The molecule has 1 aromatic heterocycles. The van der Waals surface area contributed by atoms with Crippen LogP contribution in [0.1, 0.15) is 25.3 Å². The van der Waals surface area contributed by atoms with Crippen LogP contribution in [0.25, 0.3) is 0 Å². The van der Waals surface area contributed by atoms with Crippen molar-refractivity contribution in [1.29, 1.82) is 0 Å². The molecule has 0 aromatic carbocycles. The van der Waals surface area contributed by atoms with Gasteiger partial charge in [0.2, 0.25) is 10.0 Å². The van der Waals surface area contributed by atoms with E-state index in [9.17, 15) is 13.2 Å². The number of sulfonamides is 1. The fourth-order valence-corrected chi connectivity index (χ4v) is 4.39. The number of aromatic nitrogens is 2. The number of carbonyl (C=O) groups is 1. The van der Waals surface area contributed by atoms with Crippen LogP contribution in [-0.4, -0.2) is 59.4 Å². The predicted octanol–water partition coefficient (Wildman–Crippen LogP) is 0.0822. The van der Waals surface area contributed by atoms with Crippen LogP contribution in [0.4, 0.5) is 0 Å². The third-order valence-electron chi connectivity index (χ3n) is 3.95. The van der Waals surface area contributed by atoms with Gasteiger partial charge in [0.25, 0.3) is 0 Å². The Kier molecular flexibility index (Phi) is 3.72. The molecule has 2 atom stereocenters. The van der Waals surface area contributed by atoms with Crippen molar-refractivity contribution in [3.63, 3.8) is 0 Å². The molecule has 1 unspecified atom stereocenters. The van der Waals surface area contributed by atoms with E-state index in [1.165, 1.54) is 12.4 Å². The summed E-state index contributed by atoms with van der Waals surface area (Å²) in [6.45, 7) is 1.39. The van der Waals surface area contributed by atoms with Crippen molar-refractivity contribution in [2.45, 2.75) is 36.2 Å². The smallest absolute Gasteiger partial charge is 0.322 e. The van der Waals surface area contributed by atoms with Crippen molar-refractivity contribution in [2.75, 3.05) is 19.8 Å². The van der Waals surface area contributed by atoms with Gasteiger partial charge in [-0.3, -0.25) is 9.48 Å². The summed E-state index contributed by atoms with van der Waals surface area (Å²) in [7, 11) is -3.81. The quantitative estimate of drug-likeness (QED) is 0.844. The van der Waals surface area contributed by atoms with E-state index in [1.807, 2.05) is 0 Å². The van der Waals surface area contributed by atoms with Gasteiger partial charge in [0.15, 0.2) is 0 Å². The zero-order chi connectivity index (χ0) is 15.0. The Bertz CT molecular complexity index is 635. The third kappa shape index (κ3) is 2.56. The number of ether oxygens (including phenoxy) is 1. The van der Waals surface area contributed by atoms with Gasteiger partial charge in [-0.25, -0.2) is 8.42 Å². The highest BCUT2D eigenvalue weighted by molar-refractivity contribution is 7.89. The van der Waals surface area contributed by atoms with Crippen molar-refractivity contribution in [3.05, 3.63) is 12.4 Å². The number of hydrogen-bond donors (Lipinski definition) is 1. The zero-order valence-corrected chi connectivity index (χ0v) is 12.2. The van der Waals surface area contributed by atoms with E-state index in [4.69, 9.17) is 9.84 Å².